The fourth-order valence-electron chi connectivity index (χ4n) is 1.02. The van der Waals surface area contributed by atoms with Gasteiger partial charge in [0.2, 0.25) is 0 Å². The molecule has 0 aliphatic heterocycles. The van der Waals surface area contributed by atoms with E-state index in [1.165, 1.54) is 23.9 Å². The Morgan fingerprint density at radius 1 is 1.62 bits per heavy atom. The summed E-state index contributed by atoms with van der Waals surface area (Å²) in [6, 6.07) is 2.42. The number of halogens is 1. The summed E-state index contributed by atoms with van der Waals surface area (Å²) >= 11 is 1.18. The van der Waals surface area contributed by atoms with Gasteiger partial charge in [-0.2, -0.15) is 5.26 Å². The van der Waals surface area contributed by atoms with Crippen molar-refractivity contribution in [3.8, 4) is 11.9 Å². The van der Waals surface area contributed by atoms with E-state index in [4.69, 9.17) is 5.26 Å². The molecular weight excluding hydrogens is 229 g/mol. The lowest BCUT2D eigenvalue weighted by molar-refractivity contribution is 0.469. The van der Waals surface area contributed by atoms with Crippen molar-refractivity contribution in [3.63, 3.8) is 0 Å². The van der Waals surface area contributed by atoms with Crippen LogP contribution in [0.25, 0.3) is 0 Å². The SMILES string of the molecule is CSC(=Nc1cc(O)c(C)cc1F)NC#N. The van der Waals surface area contributed by atoms with Gasteiger partial charge in [0.25, 0.3) is 0 Å². The standard InChI is InChI=1S/C10H10FN3OS/c1-6-3-7(11)8(4-9(6)15)14-10(16-2)13-5-12/h3-4,15H,1-2H3,(H,13,14). The van der Waals surface area contributed by atoms with E-state index in [0.717, 1.165) is 0 Å². The van der Waals surface area contributed by atoms with Crippen LogP contribution in [0.15, 0.2) is 17.1 Å². The number of phenolic OH excluding ortho intramolecular Hbond substituents is 1. The molecule has 0 unspecified atom stereocenters. The minimum atomic E-state index is -0.540. The Morgan fingerprint density at radius 3 is 2.88 bits per heavy atom. The normalized spacial score (nSPS) is 11.0. The van der Waals surface area contributed by atoms with Crippen molar-refractivity contribution in [1.82, 2.24) is 5.32 Å². The van der Waals surface area contributed by atoms with Crippen molar-refractivity contribution in [3.05, 3.63) is 23.5 Å². The first-order chi connectivity index (χ1) is 7.58. The highest BCUT2D eigenvalue weighted by molar-refractivity contribution is 8.13. The Hall–Kier alpha value is -1.74. The molecule has 0 heterocycles. The van der Waals surface area contributed by atoms with Crippen LogP contribution in [0, 0.1) is 24.2 Å². The van der Waals surface area contributed by atoms with Gasteiger partial charge < -0.3 is 5.11 Å². The predicted octanol–water partition coefficient (Wildman–Crippen LogP) is 2.26. The Balaban J connectivity index is 3.14. The van der Waals surface area contributed by atoms with E-state index in [0.29, 0.717) is 5.56 Å². The Bertz CT molecular complexity index is 468. The van der Waals surface area contributed by atoms with Gasteiger partial charge in [-0.25, -0.2) is 9.38 Å². The van der Waals surface area contributed by atoms with Gasteiger partial charge in [-0.05, 0) is 24.8 Å². The van der Waals surface area contributed by atoms with Crippen LogP contribution in [-0.4, -0.2) is 16.5 Å². The third-order valence-electron chi connectivity index (χ3n) is 1.84. The molecule has 16 heavy (non-hydrogen) atoms. The monoisotopic (exact) mass is 239 g/mol. The van der Waals surface area contributed by atoms with E-state index in [1.54, 1.807) is 19.4 Å². The number of hydrogen-bond donors (Lipinski definition) is 2. The average molecular weight is 239 g/mol. The summed E-state index contributed by atoms with van der Waals surface area (Å²) < 4.78 is 13.4. The largest absolute Gasteiger partial charge is 0.508 e. The number of nitrogens with zero attached hydrogens (tertiary/aromatic N) is 2. The van der Waals surface area contributed by atoms with Crippen LogP contribution in [-0.2, 0) is 0 Å². The lowest BCUT2D eigenvalue weighted by atomic mass is 10.2. The number of aryl methyl sites for hydroxylation is 1. The topological polar surface area (TPSA) is 68.4 Å². The highest BCUT2D eigenvalue weighted by Gasteiger charge is 2.07. The number of rotatable bonds is 1. The first-order valence-electron chi connectivity index (χ1n) is 4.35. The molecule has 6 heteroatoms. The molecule has 4 nitrogen and oxygen atoms in total. The van der Waals surface area contributed by atoms with Gasteiger partial charge in [0.1, 0.15) is 17.3 Å². The molecule has 84 valence electrons. The smallest absolute Gasteiger partial charge is 0.183 e. The van der Waals surface area contributed by atoms with Gasteiger partial charge >= 0.3 is 0 Å². The minimum Gasteiger partial charge on any atom is -0.508 e. The second kappa shape index (κ2) is 5.37. The molecular formula is C10H10FN3OS. The van der Waals surface area contributed by atoms with Gasteiger partial charge in [-0.3, -0.25) is 5.32 Å². The summed E-state index contributed by atoms with van der Waals surface area (Å²) in [5, 5.41) is 20.4. The number of nitrogens with one attached hydrogen (secondary N) is 1. The number of amidine groups is 1. The number of aliphatic imine (C=N–C) groups is 1. The molecule has 0 atom stereocenters. The Kier molecular flexibility index (Phi) is 4.14. The van der Waals surface area contributed by atoms with Gasteiger partial charge in [0, 0.05) is 6.07 Å². The highest BCUT2D eigenvalue weighted by Crippen LogP contribution is 2.27. The summed E-state index contributed by atoms with van der Waals surface area (Å²) in [5.74, 6) is -0.570. The number of aromatic hydroxyl groups is 1. The number of hydrogen-bond acceptors (Lipinski definition) is 4. The minimum absolute atomic E-state index is 0.00444. The van der Waals surface area contributed by atoms with Crippen molar-refractivity contribution in [2.75, 3.05) is 6.26 Å². The molecule has 0 saturated carbocycles. The highest BCUT2D eigenvalue weighted by atomic mass is 32.2. The molecule has 0 radical (unpaired) electrons. The third-order valence-corrected chi connectivity index (χ3v) is 2.42. The lowest BCUT2D eigenvalue weighted by Gasteiger charge is -2.04. The first-order valence-corrected chi connectivity index (χ1v) is 5.58. The van der Waals surface area contributed by atoms with Crippen molar-refractivity contribution >= 4 is 22.6 Å². The van der Waals surface area contributed by atoms with Crippen LogP contribution >= 0.6 is 11.8 Å². The van der Waals surface area contributed by atoms with Gasteiger partial charge in [0.15, 0.2) is 11.4 Å². The lowest BCUT2D eigenvalue weighted by Crippen LogP contribution is -2.12. The Labute approximate surface area is 96.8 Å². The molecule has 0 aliphatic carbocycles. The summed E-state index contributed by atoms with van der Waals surface area (Å²) in [6.07, 6.45) is 3.40. The van der Waals surface area contributed by atoms with Crippen LogP contribution in [0.3, 0.4) is 0 Å². The summed E-state index contributed by atoms with van der Waals surface area (Å²) in [6.45, 7) is 1.59. The maximum atomic E-state index is 13.4. The zero-order chi connectivity index (χ0) is 12.1. The third kappa shape index (κ3) is 2.87. The molecule has 0 amide bonds. The zero-order valence-corrected chi connectivity index (χ0v) is 9.60. The van der Waals surface area contributed by atoms with Crippen molar-refractivity contribution in [2.45, 2.75) is 6.92 Å². The molecule has 1 aromatic carbocycles. The number of phenols is 1. The molecule has 0 fully saturated rings. The van der Waals surface area contributed by atoms with Crippen molar-refractivity contribution < 1.29 is 9.50 Å². The molecule has 0 bridgehead atoms. The van der Waals surface area contributed by atoms with E-state index in [9.17, 15) is 9.50 Å². The fraction of sp³-hybridized carbons (Fsp3) is 0.200. The molecule has 1 aromatic rings. The summed E-state index contributed by atoms with van der Waals surface area (Å²) in [7, 11) is 0. The molecule has 0 aromatic heterocycles. The molecule has 0 aliphatic rings. The van der Waals surface area contributed by atoms with Crippen molar-refractivity contribution in [2.24, 2.45) is 4.99 Å². The number of nitriles is 1. The van der Waals surface area contributed by atoms with Crippen LogP contribution < -0.4 is 5.32 Å². The Morgan fingerprint density at radius 2 is 2.31 bits per heavy atom. The molecule has 2 N–H and O–H groups in total. The second-order valence-electron chi connectivity index (χ2n) is 2.95. The molecule has 1 rings (SSSR count). The maximum absolute atomic E-state index is 13.4. The van der Waals surface area contributed by atoms with E-state index in [-0.39, 0.29) is 16.6 Å². The predicted molar refractivity (Wildman–Crippen MR) is 62.2 cm³/mol. The molecule has 0 saturated heterocycles. The van der Waals surface area contributed by atoms with E-state index < -0.39 is 5.82 Å². The van der Waals surface area contributed by atoms with Gasteiger partial charge in [-0.15, -0.1) is 0 Å². The first kappa shape index (κ1) is 12.3. The van der Waals surface area contributed by atoms with Crippen LogP contribution in [0.4, 0.5) is 10.1 Å². The van der Waals surface area contributed by atoms with Crippen LogP contribution in [0.5, 0.6) is 5.75 Å². The summed E-state index contributed by atoms with van der Waals surface area (Å²) in [4.78, 5) is 3.88. The second-order valence-corrected chi connectivity index (χ2v) is 3.74. The van der Waals surface area contributed by atoms with Crippen LogP contribution in [0.2, 0.25) is 0 Å². The van der Waals surface area contributed by atoms with Gasteiger partial charge in [-0.1, -0.05) is 11.8 Å². The van der Waals surface area contributed by atoms with Gasteiger partial charge in [0.05, 0.1) is 0 Å². The quantitative estimate of drug-likeness (QED) is 0.341. The van der Waals surface area contributed by atoms with E-state index in [1.807, 2.05) is 0 Å². The number of benzene rings is 1. The molecule has 0 spiro atoms. The van der Waals surface area contributed by atoms with Crippen molar-refractivity contribution in [1.29, 1.82) is 5.26 Å². The van der Waals surface area contributed by atoms with E-state index >= 15 is 0 Å². The summed E-state index contributed by atoms with van der Waals surface area (Å²) in [5.41, 5.74) is 0.436. The number of thioether (sulfide) groups is 1. The van der Waals surface area contributed by atoms with E-state index in [2.05, 4.69) is 10.3 Å². The fourth-order valence-corrected chi connectivity index (χ4v) is 1.36. The van der Waals surface area contributed by atoms with Crippen LogP contribution in [0.1, 0.15) is 5.56 Å². The maximum Gasteiger partial charge on any atom is 0.183 e. The zero-order valence-electron chi connectivity index (χ0n) is 8.78. The average Bonchev–Trinajstić information content (AvgIpc) is 2.25.